The molecule has 2 N–H and O–H groups in total. The number of rotatable bonds is 2. The van der Waals surface area contributed by atoms with Crippen molar-refractivity contribution in [1.82, 2.24) is 5.32 Å². The zero-order valence-electron chi connectivity index (χ0n) is 13.1. The van der Waals surface area contributed by atoms with E-state index in [2.05, 4.69) is 10.6 Å². The van der Waals surface area contributed by atoms with E-state index < -0.39 is 11.7 Å². The van der Waals surface area contributed by atoms with Crippen LogP contribution in [0.4, 0.5) is 10.5 Å². The Morgan fingerprint density at radius 2 is 2.14 bits per heavy atom. The summed E-state index contributed by atoms with van der Waals surface area (Å²) in [5, 5.41) is 5.46. The largest absolute Gasteiger partial charge is 0.491 e. The molecule has 1 aromatic rings. The normalized spacial score (nSPS) is 18.1. The fourth-order valence-electron chi connectivity index (χ4n) is 2.09. The van der Waals surface area contributed by atoms with Crippen LogP contribution in [0.1, 0.15) is 27.2 Å². The minimum atomic E-state index is -0.560. The maximum absolute atomic E-state index is 12.3. The molecule has 1 aliphatic heterocycles. The van der Waals surface area contributed by atoms with Crippen LogP contribution >= 0.6 is 0 Å². The molecule has 1 aromatic carbocycles. The highest BCUT2D eigenvalue weighted by Gasteiger charge is 2.24. The van der Waals surface area contributed by atoms with E-state index in [4.69, 9.17) is 9.47 Å². The van der Waals surface area contributed by atoms with Crippen LogP contribution in [0.3, 0.4) is 0 Å². The number of amides is 2. The third kappa shape index (κ3) is 4.65. The first kappa shape index (κ1) is 16.1. The van der Waals surface area contributed by atoms with Gasteiger partial charge in [-0.25, -0.2) is 4.79 Å². The van der Waals surface area contributed by atoms with Gasteiger partial charge in [-0.15, -0.1) is 0 Å². The number of benzene rings is 1. The van der Waals surface area contributed by atoms with Crippen LogP contribution in [0.5, 0.6) is 5.75 Å². The highest BCUT2D eigenvalue weighted by molar-refractivity contribution is 5.94. The molecule has 0 radical (unpaired) electrons. The van der Waals surface area contributed by atoms with Crippen LogP contribution in [0.2, 0.25) is 0 Å². The van der Waals surface area contributed by atoms with E-state index in [0.29, 0.717) is 24.5 Å². The van der Waals surface area contributed by atoms with Gasteiger partial charge in [0.15, 0.2) is 0 Å². The van der Waals surface area contributed by atoms with Gasteiger partial charge in [0, 0.05) is 6.54 Å². The average molecular weight is 306 g/mol. The van der Waals surface area contributed by atoms with Gasteiger partial charge >= 0.3 is 6.09 Å². The van der Waals surface area contributed by atoms with Crippen LogP contribution in [-0.2, 0) is 9.53 Å². The predicted molar refractivity (Wildman–Crippen MR) is 82.9 cm³/mol. The Kier molecular flexibility index (Phi) is 4.90. The van der Waals surface area contributed by atoms with Gasteiger partial charge in [0.25, 0.3) is 0 Å². The molecule has 0 aromatic heterocycles. The number of nitrogens with one attached hydrogen (secondary N) is 2. The zero-order valence-corrected chi connectivity index (χ0v) is 13.1. The summed E-state index contributed by atoms with van der Waals surface area (Å²) >= 11 is 0. The molecule has 6 nitrogen and oxygen atoms in total. The third-order valence-corrected chi connectivity index (χ3v) is 3.13. The molecule has 1 heterocycles. The van der Waals surface area contributed by atoms with Crippen molar-refractivity contribution in [3.05, 3.63) is 24.3 Å². The molecule has 2 amide bonds. The molecular formula is C16H22N2O4. The highest BCUT2D eigenvalue weighted by Crippen LogP contribution is 2.26. The maximum atomic E-state index is 12.3. The molecule has 0 bridgehead atoms. The van der Waals surface area contributed by atoms with Crippen molar-refractivity contribution in [2.45, 2.75) is 32.8 Å². The monoisotopic (exact) mass is 306 g/mol. The van der Waals surface area contributed by atoms with Crippen molar-refractivity contribution < 1.29 is 19.1 Å². The van der Waals surface area contributed by atoms with Crippen LogP contribution in [0.25, 0.3) is 0 Å². The number of hydrogen-bond donors (Lipinski definition) is 2. The quantitative estimate of drug-likeness (QED) is 0.880. The minimum absolute atomic E-state index is 0.133. The second kappa shape index (κ2) is 6.68. The number of anilines is 1. The summed E-state index contributed by atoms with van der Waals surface area (Å²) < 4.78 is 10.8. The molecule has 1 atom stereocenters. The first-order chi connectivity index (χ1) is 10.3. The second-order valence-corrected chi connectivity index (χ2v) is 6.20. The van der Waals surface area contributed by atoms with Crippen LogP contribution in [0.15, 0.2) is 24.3 Å². The van der Waals surface area contributed by atoms with Gasteiger partial charge in [-0.3, -0.25) is 4.79 Å². The van der Waals surface area contributed by atoms with E-state index >= 15 is 0 Å². The minimum Gasteiger partial charge on any atom is -0.491 e. The molecule has 1 aliphatic rings. The molecule has 0 aliphatic carbocycles. The molecule has 0 saturated carbocycles. The van der Waals surface area contributed by atoms with Crippen molar-refractivity contribution in [2.24, 2.45) is 5.92 Å². The lowest BCUT2D eigenvalue weighted by Crippen LogP contribution is -2.39. The lowest BCUT2D eigenvalue weighted by atomic mass is 10.0. The number of carbonyl (C=O) groups is 2. The zero-order chi connectivity index (χ0) is 16.2. The Bertz CT molecular complexity index is 551. The van der Waals surface area contributed by atoms with Gasteiger partial charge in [0.2, 0.25) is 5.91 Å². The maximum Gasteiger partial charge on any atom is 0.407 e. The molecule has 0 fully saturated rings. The molecule has 0 saturated heterocycles. The molecule has 120 valence electrons. The number of carbonyl (C=O) groups excluding carboxylic acids is 2. The summed E-state index contributed by atoms with van der Waals surface area (Å²) in [6, 6.07) is 7.29. The molecule has 1 unspecified atom stereocenters. The van der Waals surface area contributed by atoms with Crippen molar-refractivity contribution >= 4 is 17.7 Å². The van der Waals surface area contributed by atoms with E-state index in [1.807, 2.05) is 18.2 Å². The fourth-order valence-corrected chi connectivity index (χ4v) is 2.09. The van der Waals surface area contributed by atoms with Gasteiger partial charge in [-0.1, -0.05) is 12.1 Å². The Labute approximate surface area is 130 Å². The number of ether oxygens (including phenoxy) is 2. The Morgan fingerprint density at radius 1 is 1.41 bits per heavy atom. The first-order valence-electron chi connectivity index (χ1n) is 7.35. The van der Waals surface area contributed by atoms with Crippen LogP contribution in [-0.4, -0.2) is 30.8 Å². The van der Waals surface area contributed by atoms with Gasteiger partial charge in [0.1, 0.15) is 11.4 Å². The summed E-state index contributed by atoms with van der Waals surface area (Å²) in [7, 11) is 0. The van der Waals surface area contributed by atoms with E-state index in [9.17, 15) is 9.59 Å². The summed E-state index contributed by atoms with van der Waals surface area (Å²) in [5.41, 5.74) is 0.0875. The van der Waals surface area contributed by atoms with Crippen molar-refractivity contribution in [3.8, 4) is 5.75 Å². The molecule has 0 spiro atoms. The summed E-state index contributed by atoms with van der Waals surface area (Å²) in [6.07, 6.45) is -0.000597. The lowest BCUT2D eigenvalue weighted by Gasteiger charge is -2.24. The fraction of sp³-hybridized carbons (Fsp3) is 0.500. The van der Waals surface area contributed by atoms with Crippen LogP contribution in [0, 0.1) is 5.92 Å². The topological polar surface area (TPSA) is 76.7 Å². The van der Waals surface area contributed by atoms with E-state index in [0.717, 1.165) is 0 Å². The average Bonchev–Trinajstić information content (AvgIpc) is 2.40. The Balaban J connectivity index is 1.93. The first-order valence-corrected chi connectivity index (χ1v) is 7.35. The van der Waals surface area contributed by atoms with Gasteiger partial charge in [-0.05, 0) is 39.3 Å². The van der Waals surface area contributed by atoms with E-state index in [-0.39, 0.29) is 18.4 Å². The summed E-state index contributed by atoms with van der Waals surface area (Å²) in [4.78, 5) is 23.9. The number of para-hydroxylation sites is 2. The van der Waals surface area contributed by atoms with Crippen molar-refractivity contribution in [1.29, 1.82) is 0 Å². The molecule has 22 heavy (non-hydrogen) atoms. The van der Waals surface area contributed by atoms with Gasteiger partial charge < -0.3 is 20.1 Å². The molecule has 6 heteroatoms. The van der Waals surface area contributed by atoms with Crippen molar-refractivity contribution in [3.63, 3.8) is 0 Å². The number of fused-ring (bicyclic) bond motifs is 1. The smallest absolute Gasteiger partial charge is 0.407 e. The van der Waals surface area contributed by atoms with E-state index in [1.165, 1.54) is 0 Å². The Hall–Kier alpha value is -2.24. The predicted octanol–water partition coefficient (Wildman–Crippen LogP) is 2.55. The van der Waals surface area contributed by atoms with Crippen LogP contribution < -0.4 is 15.4 Å². The lowest BCUT2D eigenvalue weighted by molar-refractivity contribution is -0.120. The van der Waals surface area contributed by atoms with E-state index in [1.54, 1.807) is 26.8 Å². The number of alkyl carbamates (subject to hydrolysis) is 1. The SMILES string of the molecule is CC(C)(C)OC(=O)NCC1CCOc2ccccc2NC1=O. The summed E-state index contributed by atoms with van der Waals surface area (Å²) in [6.45, 7) is 6.01. The summed E-state index contributed by atoms with van der Waals surface area (Å²) in [5.74, 6) is 0.169. The highest BCUT2D eigenvalue weighted by atomic mass is 16.6. The second-order valence-electron chi connectivity index (χ2n) is 6.20. The van der Waals surface area contributed by atoms with Crippen molar-refractivity contribution in [2.75, 3.05) is 18.5 Å². The Morgan fingerprint density at radius 3 is 2.86 bits per heavy atom. The third-order valence-electron chi connectivity index (χ3n) is 3.13. The number of hydrogen-bond acceptors (Lipinski definition) is 4. The standard InChI is InChI=1S/C16H22N2O4/c1-16(2,3)22-15(20)17-10-11-8-9-21-13-7-5-4-6-12(13)18-14(11)19/h4-7,11H,8-10H2,1-3H3,(H,17,20)(H,18,19). The molecule has 2 rings (SSSR count). The molecular weight excluding hydrogens is 284 g/mol. The van der Waals surface area contributed by atoms with Gasteiger partial charge in [0.05, 0.1) is 18.2 Å². The van der Waals surface area contributed by atoms with Gasteiger partial charge in [-0.2, -0.15) is 0 Å².